The number of aliphatic hydroxyl groups excluding tert-OH is 1. The first-order valence-electron chi connectivity index (χ1n) is 4.94. The molecule has 17 heavy (non-hydrogen) atoms. The maximum atomic E-state index is 10.5. The van der Waals surface area contributed by atoms with Gasteiger partial charge in [-0.2, -0.15) is 0 Å². The van der Waals surface area contributed by atoms with Crippen molar-refractivity contribution in [3.63, 3.8) is 0 Å². The van der Waals surface area contributed by atoms with Crippen LogP contribution in [0, 0.1) is 10.1 Å². The van der Waals surface area contributed by atoms with Crippen LogP contribution in [0.15, 0.2) is 18.2 Å². The summed E-state index contributed by atoms with van der Waals surface area (Å²) in [6.45, 7) is 0.461. The Morgan fingerprint density at radius 3 is 2.88 bits per heavy atom. The molecular formula is C10H13ClN2O4. The molecule has 0 fully saturated rings. The molecule has 2 N–H and O–H groups in total. The van der Waals surface area contributed by atoms with Gasteiger partial charge in [0.05, 0.1) is 9.95 Å². The van der Waals surface area contributed by atoms with Crippen LogP contribution in [0.3, 0.4) is 0 Å². The van der Waals surface area contributed by atoms with Crippen molar-refractivity contribution >= 4 is 17.3 Å². The lowest BCUT2D eigenvalue weighted by Gasteiger charge is -2.12. The van der Waals surface area contributed by atoms with E-state index in [1.165, 1.54) is 18.2 Å². The number of non-ortho nitro benzene ring substituents is 1. The van der Waals surface area contributed by atoms with Gasteiger partial charge in [-0.3, -0.25) is 10.1 Å². The molecule has 0 radical (unpaired) electrons. The van der Waals surface area contributed by atoms with Crippen LogP contribution in [-0.2, 0) is 0 Å². The molecule has 0 amide bonds. The van der Waals surface area contributed by atoms with Gasteiger partial charge in [-0.15, -0.1) is 0 Å². The summed E-state index contributed by atoms with van der Waals surface area (Å²) in [5.74, 6) is 0.312. The average molecular weight is 261 g/mol. The van der Waals surface area contributed by atoms with Crippen LogP contribution in [0.5, 0.6) is 5.75 Å². The van der Waals surface area contributed by atoms with E-state index in [1.807, 2.05) is 0 Å². The number of halogens is 1. The monoisotopic (exact) mass is 260 g/mol. The number of rotatable bonds is 6. The topological polar surface area (TPSA) is 84.6 Å². The number of hydrogen-bond donors (Lipinski definition) is 2. The molecule has 1 atom stereocenters. The van der Waals surface area contributed by atoms with E-state index in [0.717, 1.165) is 0 Å². The van der Waals surface area contributed by atoms with Crippen LogP contribution in [0.1, 0.15) is 0 Å². The van der Waals surface area contributed by atoms with Gasteiger partial charge in [-0.1, -0.05) is 11.6 Å². The van der Waals surface area contributed by atoms with Gasteiger partial charge in [-0.05, 0) is 13.1 Å². The number of hydrogen-bond acceptors (Lipinski definition) is 5. The molecule has 1 aromatic carbocycles. The molecule has 94 valence electrons. The molecule has 0 aliphatic heterocycles. The Balaban J connectivity index is 2.63. The van der Waals surface area contributed by atoms with E-state index in [9.17, 15) is 15.2 Å². The Labute approximate surface area is 103 Å². The lowest BCUT2D eigenvalue weighted by atomic mass is 10.3. The van der Waals surface area contributed by atoms with Gasteiger partial charge in [0.25, 0.3) is 5.69 Å². The number of ether oxygens (including phenoxy) is 1. The molecule has 0 saturated heterocycles. The lowest BCUT2D eigenvalue weighted by molar-refractivity contribution is -0.384. The highest BCUT2D eigenvalue weighted by atomic mass is 35.5. The van der Waals surface area contributed by atoms with Crippen LogP contribution >= 0.6 is 11.6 Å². The van der Waals surface area contributed by atoms with Crippen molar-refractivity contribution in [3.05, 3.63) is 33.3 Å². The minimum Gasteiger partial charge on any atom is -0.489 e. The minimum absolute atomic E-state index is 0.0678. The standard InChI is InChI=1S/C10H13ClN2O4/c1-12-5-8(14)6-17-10-3-2-7(13(15)16)4-9(10)11/h2-4,8,12,14H,5-6H2,1H3. The zero-order valence-corrected chi connectivity index (χ0v) is 9.98. The van der Waals surface area contributed by atoms with Crippen molar-refractivity contribution in [2.24, 2.45) is 0 Å². The van der Waals surface area contributed by atoms with Crippen molar-refractivity contribution in [2.75, 3.05) is 20.2 Å². The first-order chi connectivity index (χ1) is 8.04. The summed E-state index contributed by atoms with van der Waals surface area (Å²) >= 11 is 5.81. The van der Waals surface area contributed by atoms with Crippen LogP contribution in [0.2, 0.25) is 5.02 Å². The van der Waals surface area contributed by atoms with Gasteiger partial charge in [-0.25, -0.2) is 0 Å². The number of nitro benzene ring substituents is 1. The highest BCUT2D eigenvalue weighted by Gasteiger charge is 2.11. The van der Waals surface area contributed by atoms with E-state index in [-0.39, 0.29) is 17.3 Å². The molecule has 1 unspecified atom stereocenters. The smallest absolute Gasteiger partial charge is 0.271 e. The Kier molecular flexibility index (Phi) is 5.14. The average Bonchev–Trinajstić information content (AvgIpc) is 2.27. The summed E-state index contributed by atoms with van der Waals surface area (Å²) < 4.78 is 5.24. The maximum Gasteiger partial charge on any atom is 0.271 e. The molecule has 1 aromatic rings. The predicted molar refractivity (Wildman–Crippen MR) is 63.5 cm³/mol. The highest BCUT2D eigenvalue weighted by molar-refractivity contribution is 6.32. The van der Waals surface area contributed by atoms with Crippen molar-refractivity contribution in [2.45, 2.75) is 6.10 Å². The van der Waals surface area contributed by atoms with E-state index in [4.69, 9.17) is 16.3 Å². The Hall–Kier alpha value is -1.37. The van der Waals surface area contributed by atoms with Gasteiger partial charge in [0.1, 0.15) is 18.5 Å². The third-order valence-corrected chi connectivity index (χ3v) is 2.29. The van der Waals surface area contributed by atoms with Crippen molar-refractivity contribution in [1.29, 1.82) is 0 Å². The van der Waals surface area contributed by atoms with E-state index in [0.29, 0.717) is 12.3 Å². The van der Waals surface area contributed by atoms with Crippen LogP contribution in [0.4, 0.5) is 5.69 Å². The maximum absolute atomic E-state index is 10.5. The molecule has 0 aliphatic carbocycles. The summed E-state index contributed by atoms with van der Waals surface area (Å²) in [6.07, 6.45) is -0.661. The van der Waals surface area contributed by atoms with Crippen molar-refractivity contribution in [1.82, 2.24) is 5.32 Å². The van der Waals surface area contributed by atoms with Gasteiger partial charge in [0.15, 0.2) is 0 Å². The van der Waals surface area contributed by atoms with Crippen molar-refractivity contribution < 1.29 is 14.8 Å². The molecule has 0 spiro atoms. The molecule has 0 aliphatic rings. The van der Waals surface area contributed by atoms with Gasteiger partial charge >= 0.3 is 0 Å². The van der Waals surface area contributed by atoms with E-state index >= 15 is 0 Å². The molecule has 0 heterocycles. The highest BCUT2D eigenvalue weighted by Crippen LogP contribution is 2.28. The summed E-state index contributed by atoms with van der Waals surface area (Å²) in [7, 11) is 1.71. The summed E-state index contributed by atoms with van der Waals surface area (Å²) in [6, 6.07) is 3.92. The fraction of sp³-hybridized carbons (Fsp3) is 0.400. The number of aliphatic hydroxyl groups is 1. The fourth-order valence-electron chi connectivity index (χ4n) is 1.20. The lowest BCUT2D eigenvalue weighted by Crippen LogP contribution is -2.29. The molecule has 1 rings (SSSR count). The zero-order valence-electron chi connectivity index (χ0n) is 9.22. The summed E-state index contributed by atoms with van der Waals surface area (Å²) in [5, 5.41) is 22.8. The molecule has 0 aromatic heterocycles. The van der Waals surface area contributed by atoms with Gasteiger partial charge in [0.2, 0.25) is 0 Å². The van der Waals surface area contributed by atoms with Crippen LogP contribution in [-0.4, -0.2) is 36.3 Å². The third-order valence-electron chi connectivity index (χ3n) is 2.00. The number of benzene rings is 1. The minimum atomic E-state index is -0.661. The van der Waals surface area contributed by atoms with Crippen LogP contribution in [0.25, 0.3) is 0 Å². The number of nitrogens with one attached hydrogen (secondary N) is 1. The zero-order chi connectivity index (χ0) is 12.8. The Bertz CT molecular complexity index is 400. The molecule has 6 nitrogen and oxygen atoms in total. The SMILES string of the molecule is CNCC(O)COc1ccc([N+](=O)[O-])cc1Cl. The Morgan fingerprint density at radius 1 is 1.65 bits per heavy atom. The molecule has 0 bridgehead atoms. The fourth-order valence-corrected chi connectivity index (χ4v) is 1.43. The van der Waals surface area contributed by atoms with Gasteiger partial charge in [0, 0.05) is 18.7 Å². The largest absolute Gasteiger partial charge is 0.489 e. The predicted octanol–water partition coefficient (Wildman–Crippen LogP) is 1.21. The van der Waals surface area contributed by atoms with Gasteiger partial charge < -0.3 is 15.2 Å². The third kappa shape index (κ3) is 4.18. The number of nitro groups is 1. The van der Waals surface area contributed by atoms with E-state index < -0.39 is 11.0 Å². The number of nitrogens with zero attached hydrogens (tertiary/aromatic N) is 1. The quantitative estimate of drug-likeness (QED) is 0.593. The number of likely N-dealkylation sites (N-methyl/N-ethyl adjacent to an activating group) is 1. The van der Waals surface area contributed by atoms with Crippen molar-refractivity contribution in [3.8, 4) is 5.75 Å². The first kappa shape index (κ1) is 13.7. The Morgan fingerprint density at radius 2 is 2.35 bits per heavy atom. The second kappa shape index (κ2) is 6.39. The second-order valence-corrected chi connectivity index (χ2v) is 3.80. The normalized spacial score (nSPS) is 12.2. The van der Waals surface area contributed by atoms with E-state index in [1.54, 1.807) is 7.05 Å². The molecular weight excluding hydrogens is 248 g/mol. The second-order valence-electron chi connectivity index (χ2n) is 3.39. The summed E-state index contributed by atoms with van der Waals surface area (Å²) in [4.78, 5) is 9.94. The first-order valence-corrected chi connectivity index (χ1v) is 5.31. The molecule has 7 heteroatoms. The summed E-state index contributed by atoms with van der Waals surface area (Å²) in [5.41, 5.74) is -0.0990. The van der Waals surface area contributed by atoms with E-state index in [2.05, 4.69) is 5.32 Å². The van der Waals surface area contributed by atoms with Crippen LogP contribution < -0.4 is 10.1 Å². The molecule has 0 saturated carbocycles.